The Morgan fingerprint density at radius 3 is 0.778 bits per heavy atom. The summed E-state index contributed by atoms with van der Waals surface area (Å²) in [6.45, 7) is 18.7. The third-order valence-electron chi connectivity index (χ3n) is 11.8. The second kappa shape index (κ2) is 23.0. The van der Waals surface area contributed by atoms with Crippen molar-refractivity contribution < 1.29 is 37.9 Å². The highest BCUT2D eigenvalue weighted by Gasteiger charge is 2.62. The van der Waals surface area contributed by atoms with E-state index in [9.17, 15) is 0 Å². The van der Waals surface area contributed by atoms with E-state index in [0.717, 1.165) is 0 Å². The summed E-state index contributed by atoms with van der Waals surface area (Å²) in [6, 6.07) is 37.8. The molecule has 0 fully saturated rings. The Morgan fingerprint density at radius 1 is 0.319 bits per heavy atom. The van der Waals surface area contributed by atoms with Gasteiger partial charge in [0, 0.05) is 67.7 Å². The zero-order valence-electron chi connectivity index (χ0n) is 42.0. The number of hydrogen-bond donors (Lipinski definition) is 0. The Labute approximate surface area is 432 Å². The maximum Gasteiger partial charge on any atom is 0.227 e. The molecule has 0 aliphatic carbocycles. The average Bonchev–Trinajstić information content (AvgIpc) is 3.98. The summed E-state index contributed by atoms with van der Waals surface area (Å²) in [7, 11) is 0. The topological polar surface area (TPSA) is 123 Å². The van der Waals surface area contributed by atoms with Gasteiger partial charge in [-0.15, -0.1) is 0 Å². The molecular formula is C58H60Cl2N4O8. The highest BCUT2D eigenvalue weighted by Crippen LogP contribution is 2.58. The van der Waals surface area contributed by atoms with E-state index >= 15 is 0 Å². The predicted molar refractivity (Wildman–Crippen MR) is 288 cm³/mol. The highest BCUT2D eigenvalue weighted by molar-refractivity contribution is 6.57. The van der Waals surface area contributed by atoms with E-state index in [-0.39, 0.29) is 0 Å². The molecule has 0 saturated heterocycles. The van der Waals surface area contributed by atoms with Crippen molar-refractivity contribution in [1.82, 2.24) is 0 Å². The Kier molecular flexibility index (Phi) is 16.4. The van der Waals surface area contributed by atoms with Crippen LogP contribution in [0.4, 0.5) is 0 Å². The second-order valence-corrected chi connectivity index (χ2v) is 17.1. The van der Waals surface area contributed by atoms with E-state index in [1.54, 1.807) is 0 Å². The zero-order valence-corrected chi connectivity index (χ0v) is 43.5. The molecule has 12 nitrogen and oxygen atoms in total. The molecule has 2 aliphatic rings. The van der Waals surface area contributed by atoms with Crippen molar-refractivity contribution in [3.05, 3.63) is 165 Å². The van der Waals surface area contributed by atoms with Crippen molar-refractivity contribution in [2.45, 2.75) is 66.7 Å². The fraction of sp³-hybridized carbons (Fsp3) is 0.310. The lowest BCUT2D eigenvalue weighted by molar-refractivity contribution is 0.257. The number of ether oxygens (including phenoxy) is 8. The molecule has 6 aromatic carbocycles. The van der Waals surface area contributed by atoms with Crippen molar-refractivity contribution in [3.63, 3.8) is 0 Å². The SMILES string of the molecule is CCOc1ccc(C2=NC(c3ccccc3Cl)(C3(c4ccccc4Cl)N=C(c4ccc(OCC)cc4OCC)C(c4ccc(OCC)cc4OCC)=N3)N=C2c2ccc(OCC)cc2OCC)c(OCC)c1. The van der Waals surface area contributed by atoms with Crippen LogP contribution in [-0.2, 0) is 11.3 Å². The van der Waals surface area contributed by atoms with Gasteiger partial charge in [0.05, 0.1) is 75.7 Å². The standard InChI is InChI=1S/C58H60Cl2N4O8/c1-9-65-37-25-29-41(49(33-37)69-13-5)53-54(42-30-26-38(66-10-2)34-50(42)70-14-6)62-57(61-53,45-21-17-19-23-47(45)59)58(46-22-18-20-24-48(46)60)63-55(43-31-27-39(67-11-3)35-51(43)71-15-7)56(64-58)44-32-28-40(68-12-4)36-52(44)72-16-8/h17-36H,9-16H2,1-8H3. The first kappa shape index (κ1) is 51.3. The number of aliphatic imine (C=N–C) groups is 4. The van der Waals surface area contributed by atoms with Gasteiger partial charge in [-0.05, 0) is 116 Å². The molecule has 0 amide bonds. The van der Waals surface area contributed by atoms with Gasteiger partial charge in [-0.3, -0.25) is 0 Å². The third-order valence-corrected chi connectivity index (χ3v) is 12.5. The molecule has 0 spiro atoms. The monoisotopic (exact) mass is 1010 g/mol. The van der Waals surface area contributed by atoms with Crippen molar-refractivity contribution >= 4 is 46.0 Å². The van der Waals surface area contributed by atoms with Crippen LogP contribution in [0.2, 0.25) is 10.0 Å². The number of halogens is 2. The minimum Gasteiger partial charge on any atom is -0.494 e. The van der Waals surface area contributed by atoms with Gasteiger partial charge in [0.1, 0.15) is 46.0 Å². The largest absolute Gasteiger partial charge is 0.494 e. The molecule has 0 N–H and O–H groups in total. The number of nitrogens with zero attached hydrogens (tertiary/aromatic N) is 4. The molecule has 374 valence electrons. The van der Waals surface area contributed by atoms with Gasteiger partial charge in [0.15, 0.2) is 0 Å². The molecule has 14 heteroatoms. The average molecular weight is 1010 g/mol. The normalized spacial score (nSPS) is 14.4. The molecule has 0 unspecified atom stereocenters. The summed E-state index contributed by atoms with van der Waals surface area (Å²) >= 11 is 15.1. The predicted octanol–water partition coefficient (Wildman–Crippen LogP) is 13.2. The van der Waals surface area contributed by atoms with Gasteiger partial charge in [-0.1, -0.05) is 59.6 Å². The summed E-state index contributed by atoms with van der Waals surface area (Å²) in [6.07, 6.45) is 0. The zero-order chi connectivity index (χ0) is 50.8. The Balaban J connectivity index is 1.60. The summed E-state index contributed by atoms with van der Waals surface area (Å²) in [5.74, 6) is 4.59. The molecule has 0 saturated carbocycles. The van der Waals surface area contributed by atoms with E-state index in [1.807, 2.05) is 177 Å². The van der Waals surface area contributed by atoms with Crippen LogP contribution < -0.4 is 37.9 Å². The minimum atomic E-state index is -1.87. The highest BCUT2D eigenvalue weighted by atomic mass is 35.5. The Hall–Kier alpha value is -7.02. The minimum absolute atomic E-state index is 0.352. The quantitative estimate of drug-likeness (QED) is 0.0622. The van der Waals surface area contributed by atoms with E-state index in [2.05, 4.69) is 0 Å². The van der Waals surface area contributed by atoms with Gasteiger partial charge in [0.2, 0.25) is 11.3 Å². The van der Waals surface area contributed by atoms with Crippen molar-refractivity contribution in [2.75, 3.05) is 52.9 Å². The molecule has 0 atom stereocenters. The van der Waals surface area contributed by atoms with Crippen LogP contribution >= 0.6 is 23.2 Å². The molecule has 0 radical (unpaired) electrons. The van der Waals surface area contributed by atoms with E-state index in [4.69, 9.17) is 81.1 Å². The molecular weight excluding hydrogens is 952 g/mol. The Bertz CT molecular complexity index is 2690. The van der Waals surface area contributed by atoms with Crippen molar-refractivity contribution in [1.29, 1.82) is 0 Å². The van der Waals surface area contributed by atoms with Crippen molar-refractivity contribution in [3.8, 4) is 46.0 Å². The molecule has 0 bridgehead atoms. The van der Waals surface area contributed by atoms with E-state index in [1.165, 1.54) is 0 Å². The molecule has 8 rings (SSSR count). The van der Waals surface area contributed by atoms with Crippen LogP contribution in [0, 0.1) is 0 Å². The fourth-order valence-electron chi connectivity index (χ4n) is 8.99. The number of hydrogen-bond acceptors (Lipinski definition) is 12. The van der Waals surface area contributed by atoms with E-state index < -0.39 is 11.3 Å². The first-order chi connectivity index (χ1) is 35.1. The molecule has 72 heavy (non-hydrogen) atoms. The Morgan fingerprint density at radius 2 is 0.556 bits per heavy atom. The molecule has 6 aromatic rings. The lowest BCUT2D eigenvalue weighted by atomic mass is 9.82. The first-order valence-electron chi connectivity index (χ1n) is 24.6. The number of benzene rings is 6. The maximum absolute atomic E-state index is 7.54. The summed E-state index contributed by atoms with van der Waals surface area (Å²) in [4.78, 5) is 23.7. The molecule has 0 aromatic heterocycles. The van der Waals surface area contributed by atoms with E-state index in [0.29, 0.717) is 165 Å². The van der Waals surface area contributed by atoms with Gasteiger partial charge in [-0.2, -0.15) is 0 Å². The van der Waals surface area contributed by atoms with Crippen LogP contribution in [0.25, 0.3) is 0 Å². The van der Waals surface area contributed by atoms with Crippen LogP contribution in [0.3, 0.4) is 0 Å². The fourth-order valence-corrected chi connectivity index (χ4v) is 9.53. The lowest BCUT2D eigenvalue weighted by Crippen LogP contribution is -2.43. The van der Waals surface area contributed by atoms with Gasteiger partial charge < -0.3 is 37.9 Å². The molecule has 2 heterocycles. The molecule has 2 aliphatic heterocycles. The first-order valence-corrected chi connectivity index (χ1v) is 25.4. The van der Waals surface area contributed by atoms with Crippen LogP contribution in [0.15, 0.2) is 141 Å². The summed E-state index contributed by atoms with van der Waals surface area (Å²) < 4.78 is 49.9. The summed E-state index contributed by atoms with van der Waals surface area (Å²) in [5.41, 5.74) is 1.55. The van der Waals surface area contributed by atoms with Gasteiger partial charge in [-0.25, -0.2) is 20.0 Å². The number of rotatable bonds is 23. The van der Waals surface area contributed by atoms with Gasteiger partial charge >= 0.3 is 0 Å². The third kappa shape index (κ3) is 9.94. The smallest absolute Gasteiger partial charge is 0.227 e. The maximum atomic E-state index is 7.54. The van der Waals surface area contributed by atoms with Crippen LogP contribution in [-0.4, -0.2) is 75.7 Å². The van der Waals surface area contributed by atoms with Crippen LogP contribution in [0.1, 0.15) is 88.8 Å². The van der Waals surface area contributed by atoms with Crippen molar-refractivity contribution in [2.24, 2.45) is 20.0 Å². The summed E-state index contributed by atoms with van der Waals surface area (Å²) in [5, 5.41) is 0.719. The van der Waals surface area contributed by atoms with Gasteiger partial charge in [0.25, 0.3) is 0 Å². The lowest BCUT2D eigenvalue weighted by Gasteiger charge is -2.39. The second-order valence-electron chi connectivity index (χ2n) is 16.2. The van der Waals surface area contributed by atoms with Crippen LogP contribution in [0.5, 0.6) is 46.0 Å².